The number of carbonyl (C=O) groups excluding carboxylic acids is 1. The maximum absolute atomic E-state index is 12.4. The fraction of sp³-hybridized carbons (Fsp3) is 0.562. The molecule has 0 radical (unpaired) electrons. The molecule has 21 heavy (non-hydrogen) atoms. The molecule has 0 saturated carbocycles. The van der Waals surface area contributed by atoms with E-state index < -0.39 is 0 Å². The number of rotatable bonds is 5. The second kappa shape index (κ2) is 8.37. The zero-order valence-electron chi connectivity index (χ0n) is 12.9. The molecule has 0 spiro atoms. The van der Waals surface area contributed by atoms with Gasteiger partial charge in [0.2, 0.25) is 5.91 Å². The molecule has 5 heteroatoms. The normalized spacial score (nSPS) is 19.4. The van der Waals surface area contributed by atoms with Gasteiger partial charge in [-0.15, -0.1) is 12.4 Å². The van der Waals surface area contributed by atoms with Gasteiger partial charge in [0.15, 0.2) is 0 Å². The molecule has 0 bridgehead atoms. The summed E-state index contributed by atoms with van der Waals surface area (Å²) < 4.78 is 0. The Labute approximate surface area is 133 Å². The van der Waals surface area contributed by atoms with Crippen molar-refractivity contribution in [1.29, 1.82) is 0 Å². The molecular formula is C16H26ClN3O. The number of amides is 1. The lowest BCUT2D eigenvalue weighted by Gasteiger charge is -2.28. The number of nitrogens with two attached hydrogens (primary N) is 1. The smallest absolute Gasteiger partial charge is 0.224 e. The van der Waals surface area contributed by atoms with Gasteiger partial charge in [-0.3, -0.25) is 4.79 Å². The van der Waals surface area contributed by atoms with E-state index in [-0.39, 0.29) is 24.4 Å². The summed E-state index contributed by atoms with van der Waals surface area (Å²) in [5.74, 6) is 0.186. The van der Waals surface area contributed by atoms with Gasteiger partial charge in [0.25, 0.3) is 0 Å². The Balaban J connectivity index is 0.00000220. The van der Waals surface area contributed by atoms with E-state index in [1.54, 1.807) is 0 Å². The van der Waals surface area contributed by atoms with Gasteiger partial charge < -0.3 is 15.5 Å². The Morgan fingerprint density at radius 3 is 2.67 bits per heavy atom. The van der Waals surface area contributed by atoms with Crippen molar-refractivity contribution in [2.75, 3.05) is 27.2 Å². The van der Waals surface area contributed by atoms with E-state index >= 15 is 0 Å². The average molecular weight is 312 g/mol. The Morgan fingerprint density at radius 1 is 1.38 bits per heavy atom. The molecule has 2 rings (SSSR count). The van der Waals surface area contributed by atoms with Crippen molar-refractivity contribution in [3.63, 3.8) is 0 Å². The average Bonchev–Trinajstić information content (AvgIpc) is 2.87. The SMILES string of the molecule is CN(C)CC1CCCN1C(=O)CC(N)c1ccccc1.Cl. The van der Waals surface area contributed by atoms with Crippen LogP contribution in [0.25, 0.3) is 0 Å². The summed E-state index contributed by atoms with van der Waals surface area (Å²) in [5.41, 5.74) is 7.18. The van der Waals surface area contributed by atoms with Crippen LogP contribution in [0.4, 0.5) is 0 Å². The van der Waals surface area contributed by atoms with Crippen LogP contribution in [0.15, 0.2) is 30.3 Å². The molecule has 1 heterocycles. The second-order valence-electron chi connectivity index (χ2n) is 5.87. The molecule has 1 aliphatic heterocycles. The summed E-state index contributed by atoms with van der Waals surface area (Å²) in [6.45, 7) is 1.81. The molecule has 0 aromatic heterocycles. The van der Waals surface area contributed by atoms with E-state index in [1.165, 1.54) is 0 Å². The van der Waals surface area contributed by atoms with Gasteiger partial charge in [0, 0.05) is 31.6 Å². The monoisotopic (exact) mass is 311 g/mol. The van der Waals surface area contributed by atoms with Crippen LogP contribution in [0.1, 0.15) is 30.9 Å². The minimum Gasteiger partial charge on any atom is -0.338 e. The quantitative estimate of drug-likeness (QED) is 0.905. The van der Waals surface area contributed by atoms with E-state index in [0.717, 1.165) is 31.5 Å². The maximum atomic E-state index is 12.4. The fourth-order valence-electron chi connectivity index (χ4n) is 2.90. The molecule has 2 unspecified atom stereocenters. The predicted molar refractivity (Wildman–Crippen MR) is 88.5 cm³/mol. The van der Waals surface area contributed by atoms with Crippen molar-refractivity contribution in [3.05, 3.63) is 35.9 Å². The summed E-state index contributed by atoms with van der Waals surface area (Å²) in [6, 6.07) is 10.0. The number of benzene rings is 1. The van der Waals surface area contributed by atoms with Crippen LogP contribution in [0.2, 0.25) is 0 Å². The molecule has 1 aromatic carbocycles. The van der Waals surface area contributed by atoms with Crippen LogP contribution in [-0.2, 0) is 4.79 Å². The first kappa shape index (κ1) is 18.0. The topological polar surface area (TPSA) is 49.6 Å². The highest BCUT2D eigenvalue weighted by molar-refractivity contribution is 5.85. The summed E-state index contributed by atoms with van der Waals surface area (Å²) in [5, 5.41) is 0. The first-order chi connectivity index (χ1) is 9.58. The van der Waals surface area contributed by atoms with Gasteiger partial charge in [0.1, 0.15) is 0 Å². The predicted octanol–water partition coefficient (Wildman–Crippen LogP) is 2.05. The molecule has 2 N–H and O–H groups in total. The van der Waals surface area contributed by atoms with Crippen LogP contribution in [0.3, 0.4) is 0 Å². The molecule has 1 saturated heterocycles. The van der Waals surface area contributed by atoms with E-state index in [0.29, 0.717) is 12.5 Å². The van der Waals surface area contributed by atoms with Crippen LogP contribution < -0.4 is 5.73 Å². The summed E-state index contributed by atoms with van der Waals surface area (Å²) in [6.07, 6.45) is 2.60. The number of carbonyl (C=O) groups is 1. The Hall–Kier alpha value is -1.10. The number of nitrogens with zero attached hydrogens (tertiary/aromatic N) is 2. The zero-order chi connectivity index (χ0) is 14.5. The third-order valence-electron chi connectivity index (χ3n) is 3.90. The molecule has 1 fully saturated rings. The van der Waals surface area contributed by atoms with Gasteiger partial charge in [-0.05, 0) is 32.5 Å². The highest BCUT2D eigenvalue weighted by Crippen LogP contribution is 2.22. The molecule has 0 aliphatic carbocycles. The first-order valence-corrected chi connectivity index (χ1v) is 7.32. The third-order valence-corrected chi connectivity index (χ3v) is 3.90. The number of likely N-dealkylation sites (tertiary alicyclic amines) is 1. The van der Waals surface area contributed by atoms with E-state index in [9.17, 15) is 4.79 Å². The second-order valence-corrected chi connectivity index (χ2v) is 5.87. The van der Waals surface area contributed by atoms with Gasteiger partial charge in [-0.25, -0.2) is 0 Å². The van der Waals surface area contributed by atoms with Crippen molar-refractivity contribution >= 4 is 18.3 Å². The van der Waals surface area contributed by atoms with Gasteiger partial charge in [-0.1, -0.05) is 30.3 Å². The highest BCUT2D eigenvalue weighted by Gasteiger charge is 2.29. The molecule has 2 atom stereocenters. The largest absolute Gasteiger partial charge is 0.338 e. The number of halogens is 1. The summed E-state index contributed by atoms with van der Waals surface area (Å²) in [7, 11) is 4.10. The number of hydrogen-bond donors (Lipinski definition) is 1. The molecule has 1 amide bonds. The first-order valence-electron chi connectivity index (χ1n) is 7.32. The van der Waals surface area contributed by atoms with Gasteiger partial charge >= 0.3 is 0 Å². The fourth-order valence-corrected chi connectivity index (χ4v) is 2.90. The van der Waals surface area contributed by atoms with Crippen LogP contribution in [0, 0.1) is 0 Å². The standard InChI is InChI=1S/C16H25N3O.ClH/c1-18(2)12-14-9-6-10-19(14)16(20)11-15(17)13-7-4-3-5-8-13;/h3-5,7-8,14-15H,6,9-12,17H2,1-2H3;1H. The third kappa shape index (κ3) is 4.99. The van der Waals surface area contributed by atoms with Crippen LogP contribution in [0.5, 0.6) is 0 Å². The maximum Gasteiger partial charge on any atom is 0.224 e. The Kier molecular flexibility index (Phi) is 7.15. The number of likely N-dealkylation sites (N-methyl/N-ethyl adjacent to an activating group) is 1. The highest BCUT2D eigenvalue weighted by atomic mass is 35.5. The van der Waals surface area contributed by atoms with E-state index in [2.05, 4.69) is 19.0 Å². The summed E-state index contributed by atoms with van der Waals surface area (Å²) in [4.78, 5) is 16.6. The van der Waals surface area contributed by atoms with Crippen molar-refractivity contribution in [2.45, 2.75) is 31.3 Å². The lowest BCUT2D eigenvalue weighted by atomic mass is 10.0. The Bertz CT molecular complexity index is 438. The van der Waals surface area contributed by atoms with Crippen molar-refractivity contribution in [2.24, 2.45) is 5.73 Å². The lowest BCUT2D eigenvalue weighted by Crippen LogP contribution is -2.42. The molecule has 118 valence electrons. The zero-order valence-corrected chi connectivity index (χ0v) is 13.7. The number of hydrogen-bond acceptors (Lipinski definition) is 3. The molecular weight excluding hydrogens is 286 g/mol. The Morgan fingerprint density at radius 2 is 2.05 bits per heavy atom. The minimum atomic E-state index is -0.204. The molecule has 4 nitrogen and oxygen atoms in total. The van der Waals surface area contributed by atoms with Gasteiger partial charge in [0.05, 0.1) is 0 Å². The lowest BCUT2D eigenvalue weighted by molar-refractivity contribution is -0.132. The van der Waals surface area contributed by atoms with E-state index in [1.807, 2.05) is 35.2 Å². The van der Waals surface area contributed by atoms with Crippen molar-refractivity contribution in [1.82, 2.24) is 9.80 Å². The van der Waals surface area contributed by atoms with Crippen LogP contribution in [-0.4, -0.2) is 48.9 Å². The van der Waals surface area contributed by atoms with Gasteiger partial charge in [-0.2, -0.15) is 0 Å². The summed E-state index contributed by atoms with van der Waals surface area (Å²) >= 11 is 0. The van der Waals surface area contributed by atoms with E-state index in [4.69, 9.17) is 5.73 Å². The van der Waals surface area contributed by atoms with Crippen molar-refractivity contribution < 1.29 is 4.79 Å². The minimum absolute atomic E-state index is 0. The molecule has 1 aromatic rings. The molecule has 1 aliphatic rings. The van der Waals surface area contributed by atoms with Crippen molar-refractivity contribution in [3.8, 4) is 0 Å². The van der Waals surface area contributed by atoms with Crippen LogP contribution >= 0.6 is 12.4 Å².